The second-order valence-corrected chi connectivity index (χ2v) is 6.81. The van der Waals surface area contributed by atoms with Gasteiger partial charge in [0.15, 0.2) is 0 Å². The monoisotopic (exact) mass is 374 g/mol. The minimum atomic E-state index is -0.897. The standard InChI is InChI=1S/C19H19ClN2O4/c1-11(19(24)25)13-4-6-15(7-5-13)22-17(23)14-8-16(20)18(21-9-14)26-10-12-2-3-12/h4-9,11-12H,2-3,10H2,1H3,(H,22,23)(H,24,25). The summed E-state index contributed by atoms with van der Waals surface area (Å²) in [6, 6.07) is 8.19. The first-order valence-electron chi connectivity index (χ1n) is 8.36. The van der Waals surface area contributed by atoms with Crippen LogP contribution in [0, 0.1) is 5.92 Å². The molecular formula is C19H19ClN2O4. The van der Waals surface area contributed by atoms with Crippen LogP contribution in [0.15, 0.2) is 36.5 Å². The summed E-state index contributed by atoms with van der Waals surface area (Å²) in [6.45, 7) is 2.20. The number of rotatable bonds is 7. The Morgan fingerprint density at radius 3 is 2.62 bits per heavy atom. The third kappa shape index (κ3) is 4.52. The molecule has 3 rings (SSSR count). The first-order valence-corrected chi connectivity index (χ1v) is 8.74. The van der Waals surface area contributed by atoms with Gasteiger partial charge in [0.25, 0.3) is 5.91 Å². The third-order valence-electron chi connectivity index (χ3n) is 4.26. The molecule has 0 spiro atoms. The summed E-state index contributed by atoms with van der Waals surface area (Å²) in [7, 11) is 0. The molecule has 1 aromatic heterocycles. The highest BCUT2D eigenvalue weighted by atomic mass is 35.5. The highest BCUT2D eigenvalue weighted by Gasteiger charge is 2.23. The molecule has 7 heteroatoms. The largest absolute Gasteiger partial charge is 0.481 e. The molecule has 1 aliphatic rings. The zero-order valence-corrected chi connectivity index (χ0v) is 15.0. The Morgan fingerprint density at radius 1 is 1.35 bits per heavy atom. The lowest BCUT2D eigenvalue weighted by molar-refractivity contribution is -0.138. The zero-order valence-electron chi connectivity index (χ0n) is 14.2. The topological polar surface area (TPSA) is 88.5 Å². The molecule has 6 nitrogen and oxygen atoms in total. The van der Waals surface area contributed by atoms with Crippen molar-refractivity contribution in [2.45, 2.75) is 25.7 Å². The summed E-state index contributed by atoms with van der Waals surface area (Å²) in [4.78, 5) is 27.4. The molecule has 0 radical (unpaired) electrons. The number of carboxylic acid groups (broad SMARTS) is 1. The molecule has 1 aromatic carbocycles. The molecule has 1 heterocycles. The summed E-state index contributed by atoms with van der Waals surface area (Å²) in [5.41, 5.74) is 1.54. The number of carbonyl (C=O) groups is 2. The number of nitrogens with zero attached hydrogens (tertiary/aromatic N) is 1. The van der Waals surface area contributed by atoms with E-state index in [4.69, 9.17) is 21.4 Å². The van der Waals surface area contributed by atoms with Gasteiger partial charge in [-0.05, 0) is 49.4 Å². The molecule has 1 unspecified atom stereocenters. The lowest BCUT2D eigenvalue weighted by Crippen LogP contribution is -2.13. The van der Waals surface area contributed by atoms with Crippen LogP contribution in [0.5, 0.6) is 5.88 Å². The number of hydrogen-bond donors (Lipinski definition) is 2. The Hall–Kier alpha value is -2.60. The van der Waals surface area contributed by atoms with E-state index >= 15 is 0 Å². The number of carbonyl (C=O) groups excluding carboxylic acids is 1. The van der Waals surface area contributed by atoms with Crippen LogP contribution in [0.25, 0.3) is 0 Å². The first kappa shape index (κ1) is 18.2. The van der Waals surface area contributed by atoms with E-state index < -0.39 is 11.9 Å². The Bertz CT molecular complexity index is 819. The van der Waals surface area contributed by atoms with Gasteiger partial charge < -0.3 is 15.2 Å². The quantitative estimate of drug-likeness (QED) is 0.765. The zero-order chi connectivity index (χ0) is 18.7. The predicted octanol–water partition coefficient (Wildman–Crippen LogP) is 3.96. The third-order valence-corrected chi connectivity index (χ3v) is 4.53. The summed E-state index contributed by atoms with van der Waals surface area (Å²) in [5.74, 6) is -0.936. The van der Waals surface area contributed by atoms with Crippen LogP contribution in [0.2, 0.25) is 5.02 Å². The van der Waals surface area contributed by atoms with Crippen molar-refractivity contribution >= 4 is 29.2 Å². The van der Waals surface area contributed by atoms with Crippen LogP contribution in [-0.2, 0) is 4.79 Å². The maximum atomic E-state index is 12.3. The molecule has 0 saturated heterocycles. The molecule has 2 aromatic rings. The number of halogens is 1. The van der Waals surface area contributed by atoms with Crippen molar-refractivity contribution in [3.8, 4) is 5.88 Å². The Morgan fingerprint density at radius 2 is 2.04 bits per heavy atom. The van der Waals surface area contributed by atoms with E-state index in [1.807, 2.05) is 0 Å². The summed E-state index contributed by atoms with van der Waals surface area (Å²) >= 11 is 6.14. The number of nitrogens with one attached hydrogen (secondary N) is 1. The van der Waals surface area contributed by atoms with Crippen molar-refractivity contribution in [3.63, 3.8) is 0 Å². The molecule has 1 fully saturated rings. The molecule has 136 valence electrons. The van der Waals surface area contributed by atoms with E-state index in [0.717, 1.165) is 0 Å². The number of anilines is 1. The van der Waals surface area contributed by atoms with Gasteiger partial charge in [-0.3, -0.25) is 9.59 Å². The summed E-state index contributed by atoms with van der Waals surface area (Å²) < 4.78 is 5.55. The molecule has 0 aliphatic heterocycles. The van der Waals surface area contributed by atoms with Gasteiger partial charge in [-0.2, -0.15) is 0 Å². The fraction of sp³-hybridized carbons (Fsp3) is 0.316. The van der Waals surface area contributed by atoms with Crippen LogP contribution in [0.4, 0.5) is 5.69 Å². The number of aromatic nitrogens is 1. The van der Waals surface area contributed by atoms with E-state index in [0.29, 0.717) is 40.2 Å². The van der Waals surface area contributed by atoms with E-state index in [2.05, 4.69) is 10.3 Å². The summed E-state index contributed by atoms with van der Waals surface area (Å²) in [5, 5.41) is 12.0. The molecular weight excluding hydrogens is 356 g/mol. The minimum Gasteiger partial charge on any atom is -0.481 e. The molecule has 26 heavy (non-hydrogen) atoms. The van der Waals surface area contributed by atoms with Crippen LogP contribution < -0.4 is 10.1 Å². The van der Waals surface area contributed by atoms with E-state index in [1.165, 1.54) is 25.1 Å². The molecule has 1 aliphatic carbocycles. The van der Waals surface area contributed by atoms with Crippen molar-refractivity contribution in [1.82, 2.24) is 4.98 Å². The number of ether oxygens (including phenoxy) is 1. The van der Waals surface area contributed by atoms with Gasteiger partial charge in [0.2, 0.25) is 5.88 Å². The number of aliphatic carboxylic acids is 1. The fourth-order valence-corrected chi connectivity index (χ4v) is 2.56. The molecule has 2 N–H and O–H groups in total. The number of carboxylic acids is 1. The molecule has 1 amide bonds. The Labute approximate surface area is 156 Å². The molecule has 1 saturated carbocycles. The van der Waals surface area contributed by atoms with Crippen LogP contribution >= 0.6 is 11.6 Å². The van der Waals surface area contributed by atoms with Gasteiger partial charge in [-0.15, -0.1) is 0 Å². The average Bonchev–Trinajstić information content (AvgIpc) is 3.45. The number of hydrogen-bond acceptors (Lipinski definition) is 4. The van der Waals surface area contributed by atoms with Crippen LogP contribution in [0.1, 0.15) is 41.6 Å². The number of pyridine rings is 1. The predicted molar refractivity (Wildman–Crippen MR) is 97.9 cm³/mol. The Kier molecular flexibility index (Phi) is 5.42. The van der Waals surface area contributed by atoms with E-state index in [9.17, 15) is 9.59 Å². The maximum Gasteiger partial charge on any atom is 0.310 e. The van der Waals surface area contributed by atoms with E-state index in [1.54, 1.807) is 31.2 Å². The smallest absolute Gasteiger partial charge is 0.310 e. The second-order valence-electron chi connectivity index (χ2n) is 6.40. The lowest BCUT2D eigenvalue weighted by atomic mass is 10.0. The Balaban J connectivity index is 1.63. The summed E-state index contributed by atoms with van der Waals surface area (Å²) in [6.07, 6.45) is 3.76. The van der Waals surface area contributed by atoms with Crippen molar-refractivity contribution < 1.29 is 19.4 Å². The highest BCUT2D eigenvalue weighted by molar-refractivity contribution is 6.32. The first-order chi connectivity index (χ1) is 12.4. The van der Waals surface area contributed by atoms with Crippen molar-refractivity contribution in [2.24, 2.45) is 5.92 Å². The van der Waals surface area contributed by atoms with Crippen LogP contribution in [0.3, 0.4) is 0 Å². The van der Waals surface area contributed by atoms with Crippen LogP contribution in [-0.4, -0.2) is 28.6 Å². The number of benzene rings is 1. The molecule has 0 bridgehead atoms. The van der Waals surface area contributed by atoms with Gasteiger partial charge in [0.1, 0.15) is 5.02 Å². The maximum absolute atomic E-state index is 12.3. The van der Waals surface area contributed by atoms with Crippen molar-refractivity contribution in [2.75, 3.05) is 11.9 Å². The van der Waals surface area contributed by atoms with Gasteiger partial charge in [0, 0.05) is 11.9 Å². The fourth-order valence-electron chi connectivity index (χ4n) is 2.34. The molecule has 1 atom stereocenters. The van der Waals surface area contributed by atoms with Gasteiger partial charge in [0.05, 0.1) is 18.1 Å². The van der Waals surface area contributed by atoms with Gasteiger partial charge in [-0.25, -0.2) is 4.98 Å². The average molecular weight is 375 g/mol. The van der Waals surface area contributed by atoms with Gasteiger partial charge >= 0.3 is 5.97 Å². The SMILES string of the molecule is CC(C(=O)O)c1ccc(NC(=O)c2cnc(OCC3CC3)c(Cl)c2)cc1. The van der Waals surface area contributed by atoms with Gasteiger partial charge in [-0.1, -0.05) is 23.7 Å². The lowest BCUT2D eigenvalue weighted by Gasteiger charge is -2.10. The van der Waals surface area contributed by atoms with Crippen molar-refractivity contribution in [3.05, 3.63) is 52.7 Å². The number of amides is 1. The minimum absolute atomic E-state index is 0.295. The highest BCUT2D eigenvalue weighted by Crippen LogP contribution is 2.31. The van der Waals surface area contributed by atoms with Crippen molar-refractivity contribution in [1.29, 1.82) is 0 Å². The van der Waals surface area contributed by atoms with E-state index in [-0.39, 0.29) is 5.91 Å². The normalized spacial score (nSPS) is 14.5. The second kappa shape index (κ2) is 7.74.